The summed E-state index contributed by atoms with van der Waals surface area (Å²) >= 11 is 0. The molecule has 2 N–H and O–H groups in total. The number of halogens is 1. The Morgan fingerprint density at radius 2 is 1.68 bits per heavy atom. The quantitative estimate of drug-likeness (QED) is 0.748. The third kappa shape index (κ3) is 4.17. The van der Waals surface area contributed by atoms with Crippen molar-refractivity contribution in [1.29, 1.82) is 0 Å². The van der Waals surface area contributed by atoms with E-state index < -0.39 is 0 Å². The first-order valence-electron chi connectivity index (χ1n) is 7.74. The highest BCUT2D eigenvalue weighted by Gasteiger charge is 2.09. The Morgan fingerprint density at radius 3 is 2.32 bits per heavy atom. The summed E-state index contributed by atoms with van der Waals surface area (Å²) in [5, 5.41) is 5.79. The van der Waals surface area contributed by atoms with Gasteiger partial charge in [0.2, 0.25) is 5.95 Å². The second-order valence-electron chi connectivity index (χ2n) is 5.70. The summed E-state index contributed by atoms with van der Waals surface area (Å²) in [5.41, 5.74) is 3.89. The van der Waals surface area contributed by atoms with Crippen molar-refractivity contribution in [2.45, 2.75) is 13.8 Å². The second kappa shape index (κ2) is 7.09. The van der Waals surface area contributed by atoms with Gasteiger partial charge >= 0.3 is 0 Å². The number of aromatic nitrogens is 2. The third-order valence-corrected chi connectivity index (χ3v) is 3.64. The lowest BCUT2D eigenvalue weighted by Crippen LogP contribution is -2.14. The van der Waals surface area contributed by atoms with Crippen LogP contribution in [0, 0.1) is 19.7 Å². The minimum absolute atomic E-state index is 0.278. The molecule has 3 aromatic rings. The number of rotatable bonds is 4. The Labute approximate surface area is 145 Å². The van der Waals surface area contributed by atoms with Gasteiger partial charge in [-0.25, -0.2) is 14.4 Å². The fourth-order valence-electron chi connectivity index (χ4n) is 2.32. The number of aryl methyl sites for hydroxylation is 2. The molecule has 0 saturated carbocycles. The van der Waals surface area contributed by atoms with Crippen LogP contribution in [0.25, 0.3) is 0 Å². The zero-order valence-corrected chi connectivity index (χ0v) is 13.9. The summed E-state index contributed by atoms with van der Waals surface area (Å²) in [6, 6.07) is 11.7. The van der Waals surface area contributed by atoms with E-state index >= 15 is 0 Å². The molecule has 0 bridgehead atoms. The maximum atomic E-state index is 12.9. The van der Waals surface area contributed by atoms with Gasteiger partial charge in [-0.2, -0.15) is 0 Å². The van der Waals surface area contributed by atoms with Crippen molar-refractivity contribution >= 4 is 23.2 Å². The molecule has 0 aliphatic heterocycles. The van der Waals surface area contributed by atoms with Crippen LogP contribution in [0.1, 0.15) is 21.5 Å². The van der Waals surface area contributed by atoms with Crippen molar-refractivity contribution in [3.05, 3.63) is 77.4 Å². The highest BCUT2D eigenvalue weighted by molar-refractivity contribution is 6.04. The summed E-state index contributed by atoms with van der Waals surface area (Å²) < 4.78 is 12.9. The number of nitrogens with one attached hydrogen (secondary N) is 2. The number of hydrogen-bond donors (Lipinski definition) is 2. The van der Waals surface area contributed by atoms with Gasteiger partial charge in [-0.15, -0.1) is 0 Å². The van der Waals surface area contributed by atoms with Crippen LogP contribution < -0.4 is 10.6 Å². The van der Waals surface area contributed by atoms with E-state index in [4.69, 9.17) is 0 Å². The molecule has 0 unspecified atom stereocenters. The largest absolute Gasteiger partial charge is 0.324 e. The van der Waals surface area contributed by atoms with E-state index in [9.17, 15) is 9.18 Å². The highest BCUT2D eigenvalue weighted by atomic mass is 19.1. The smallest absolute Gasteiger partial charge is 0.258 e. The summed E-state index contributed by atoms with van der Waals surface area (Å²) in [6.45, 7) is 3.94. The lowest BCUT2D eigenvalue weighted by atomic mass is 10.1. The second-order valence-corrected chi connectivity index (χ2v) is 5.70. The summed E-state index contributed by atoms with van der Waals surface area (Å²) in [5.74, 6) is -0.264. The Kier molecular flexibility index (Phi) is 4.70. The van der Waals surface area contributed by atoms with Gasteiger partial charge in [0, 0.05) is 23.8 Å². The van der Waals surface area contributed by atoms with Crippen molar-refractivity contribution in [2.75, 3.05) is 10.6 Å². The van der Waals surface area contributed by atoms with Crippen LogP contribution in [-0.4, -0.2) is 15.9 Å². The molecule has 0 aliphatic rings. The topological polar surface area (TPSA) is 66.9 Å². The number of anilines is 3. The van der Waals surface area contributed by atoms with Crippen LogP contribution in [0.3, 0.4) is 0 Å². The predicted octanol–water partition coefficient (Wildman–Crippen LogP) is 4.23. The molecule has 0 spiro atoms. The monoisotopic (exact) mass is 336 g/mol. The minimum atomic E-state index is -0.315. The maximum absolute atomic E-state index is 12.9. The third-order valence-electron chi connectivity index (χ3n) is 3.64. The van der Waals surface area contributed by atoms with Crippen molar-refractivity contribution in [1.82, 2.24) is 9.97 Å². The maximum Gasteiger partial charge on any atom is 0.258 e. The van der Waals surface area contributed by atoms with Crippen LogP contribution in [0.2, 0.25) is 0 Å². The van der Waals surface area contributed by atoms with E-state index in [1.807, 2.05) is 32.0 Å². The first-order valence-corrected chi connectivity index (χ1v) is 7.74. The molecule has 25 heavy (non-hydrogen) atoms. The number of hydrogen-bond acceptors (Lipinski definition) is 4. The Morgan fingerprint density at radius 1 is 1.00 bits per heavy atom. The van der Waals surface area contributed by atoms with E-state index in [0.717, 1.165) is 16.8 Å². The molecule has 0 atom stereocenters. The molecule has 0 saturated heterocycles. The lowest BCUT2D eigenvalue weighted by molar-refractivity contribution is 0.102. The van der Waals surface area contributed by atoms with Gasteiger partial charge in [0.25, 0.3) is 5.91 Å². The molecule has 1 aromatic heterocycles. The van der Waals surface area contributed by atoms with E-state index in [2.05, 4.69) is 20.6 Å². The van der Waals surface area contributed by atoms with Gasteiger partial charge in [-0.1, -0.05) is 17.7 Å². The Bertz CT molecular complexity index is 892. The van der Waals surface area contributed by atoms with E-state index in [1.54, 1.807) is 12.1 Å². The van der Waals surface area contributed by atoms with Gasteiger partial charge in [0.1, 0.15) is 5.82 Å². The van der Waals surface area contributed by atoms with E-state index in [0.29, 0.717) is 17.2 Å². The van der Waals surface area contributed by atoms with E-state index in [1.165, 1.54) is 24.5 Å². The number of carbonyl (C=O) groups excluding carboxylic acids is 1. The molecular formula is C19H17FN4O. The SMILES string of the molecule is Cc1ccc(NC(=O)c2cnc(Nc3ccc(F)cc3)nc2)c(C)c1. The minimum Gasteiger partial charge on any atom is -0.324 e. The molecule has 0 fully saturated rings. The fourth-order valence-corrected chi connectivity index (χ4v) is 2.32. The normalized spacial score (nSPS) is 10.4. The average molecular weight is 336 g/mol. The standard InChI is InChI=1S/C19H17FN4O/c1-12-3-8-17(13(2)9-12)24-18(25)14-10-21-19(22-11-14)23-16-6-4-15(20)5-7-16/h3-11H,1-2H3,(H,24,25)(H,21,22,23). The highest BCUT2D eigenvalue weighted by Crippen LogP contribution is 2.17. The first kappa shape index (κ1) is 16.6. The molecular weight excluding hydrogens is 319 g/mol. The van der Waals surface area contributed by atoms with Crippen LogP contribution >= 0.6 is 0 Å². The molecule has 3 rings (SSSR count). The van der Waals surface area contributed by atoms with Crippen LogP contribution in [0.15, 0.2) is 54.9 Å². The lowest BCUT2D eigenvalue weighted by Gasteiger charge is -2.09. The molecule has 6 heteroatoms. The number of carbonyl (C=O) groups is 1. The van der Waals surface area contributed by atoms with Crippen LogP contribution in [0.4, 0.5) is 21.7 Å². The van der Waals surface area contributed by atoms with Crippen LogP contribution in [0.5, 0.6) is 0 Å². The van der Waals surface area contributed by atoms with Gasteiger partial charge in [-0.3, -0.25) is 4.79 Å². The van der Waals surface area contributed by atoms with Crippen molar-refractivity contribution in [3.8, 4) is 0 Å². The summed E-state index contributed by atoms with van der Waals surface area (Å²) in [6.07, 6.45) is 2.88. The predicted molar refractivity (Wildman–Crippen MR) is 95.6 cm³/mol. The molecule has 5 nitrogen and oxygen atoms in total. The number of amides is 1. The van der Waals surface area contributed by atoms with Gasteiger partial charge in [0.15, 0.2) is 0 Å². The van der Waals surface area contributed by atoms with E-state index in [-0.39, 0.29) is 11.7 Å². The number of nitrogens with zero attached hydrogens (tertiary/aromatic N) is 2. The summed E-state index contributed by atoms with van der Waals surface area (Å²) in [4.78, 5) is 20.5. The molecule has 0 radical (unpaired) electrons. The molecule has 1 heterocycles. The molecule has 1 amide bonds. The Hall–Kier alpha value is -3.28. The molecule has 126 valence electrons. The van der Waals surface area contributed by atoms with Crippen molar-refractivity contribution in [2.24, 2.45) is 0 Å². The zero-order chi connectivity index (χ0) is 17.8. The Balaban J connectivity index is 1.68. The molecule has 0 aliphatic carbocycles. The zero-order valence-electron chi connectivity index (χ0n) is 13.9. The van der Waals surface area contributed by atoms with Crippen LogP contribution in [-0.2, 0) is 0 Å². The van der Waals surface area contributed by atoms with Gasteiger partial charge in [0.05, 0.1) is 5.56 Å². The average Bonchev–Trinajstić information content (AvgIpc) is 2.60. The molecule has 2 aromatic carbocycles. The van der Waals surface area contributed by atoms with Gasteiger partial charge in [-0.05, 0) is 49.7 Å². The fraction of sp³-hybridized carbons (Fsp3) is 0.105. The number of benzene rings is 2. The first-order chi connectivity index (χ1) is 12.0. The van der Waals surface area contributed by atoms with Crippen molar-refractivity contribution < 1.29 is 9.18 Å². The van der Waals surface area contributed by atoms with Gasteiger partial charge < -0.3 is 10.6 Å². The summed E-state index contributed by atoms with van der Waals surface area (Å²) in [7, 11) is 0. The van der Waals surface area contributed by atoms with Crippen molar-refractivity contribution in [3.63, 3.8) is 0 Å².